The summed E-state index contributed by atoms with van der Waals surface area (Å²) in [6, 6.07) is 8.36. The van der Waals surface area contributed by atoms with Crippen molar-refractivity contribution in [2.45, 2.75) is 13.0 Å². The van der Waals surface area contributed by atoms with Gasteiger partial charge in [0, 0.05) is 31.9 Å². The first-order valence-corrected chi connectivity index (χ1v) is 9.92. The third-order valence-electron chi connectivity index (χ3n) is 4.59. The van der Waals surface area contributed by atoms with E-state index in [2.05, 4.69) is 5.32 Å². The molecule has 164 valence electrons. The third-order valence-corrected chi connectivity index (χ3v) is 4.91. The molecule has 1 N–H and O–H groups in total. The van der Waals surface area contributed by atoms with Crippen molar-refractivity contribution in [3.63, 3.8) is 0 Å². The number of thiocarbonyl (C=S) groups is 1. The van der Waals surface area contributed by atoms with Crippen LogP contribution in [0.15, 0.2) is 42.1 Å². The van der Waals surface area contributed by atoms with Crippen LogP contribution in [0, 0.1) is 11.6 Å². The van der Waals surface area contributed by atoms with Crippen molar-refractivity contribution in [3.8, 4) is 11.5 Å². The molecule has 9 heteroatoms. The molecule has 2 aromatic rings. The normalized spacial score (nSPS) is 14.8. The zero-order valence-electron chi connectivity index (χ0n) is 17.1. The Bertz CT molecular complexity index is 1010. The smallest absolute Gasteiger partial charge is 0.276 e. The molecule has 0 unspecified atom stereocenters. The molecule has 0 spiro atoms. The predicted molar refractivity (Wildman–Crippen MR) is 116 cm³/mol. The van der Waals surface area contributed by atoms with E-state index < -0.39 is 11.6 Å². The summed E-state index contributed by atoms with van der Waals surface area (Å²) < 4.78 is 42.8. The van der Waals surface area contributed by atoms with Gasteiger partial charge in [0.25, 0.3) is 5.91 Å². The zero-order valence-corrected chi connectivity index (χ0v) is 17.9. The van der Waals surface area contributed by atoms with Crippen LogP contribution >= 0.6 is 12.2 Å². The predicted octanol–water partition coefficient (Wildman–Crippen LogP) is 3.65. The molecule has 0 radical (unpaired) electrons. The Hall–Kier alpha value is -3.04. The minimum absolute atomic E-state index is 0.00827. The summed E-state index contributed by atoms with van der Waals surface area (Å²) >= 11 is 5.25. The fourth-order valence-corrected chi connectivity index (χ4v) is 3.34. The lowest BCUT2D eigenvalue weighted by molar-refractivity contribution is -0.122. The van der Waals surface area contributed by atoms with Gasteiger partial charge in [-0.05, 0) is 54.5 Å². The highest BCUT2D eigenvalue weighted by atomic mass is 32.1. The van der Waals surface area contributed by atoms with Crippen LogP contribution in [0.1, 0.15) is 17.5 Å². The van der Waals surface area contributed by atoms with Gasteiger partial charge in [-0.2, -0.15) is 0 Å². The number of nitrogens with zero attached hydrogens (tertiary/aromatic N) is 1. The minimum Gasteiger partial charge on any atom is -0.496 e. The van der Waals surface area contributed by atoms with Gasteiger partial charge in [-0.15, -0.1) is 0 Å². The van der Waals surface area contributed by atoms with Crippen LogP contribution in [0.25, 0.3) is 6.08 Å². The Balaban J connectivity index is 1.77. The van der Waals surface area contributed by atoms with Crippen molar-refractivity contribution in [2.24, 2.45) is 0 Å². The van der Waals surface area contributed by atoms with Crippen LogP contribution in [0.2, 0.25) is 0 Å². The number of hydrogen-bond donors (Lipinski definition) is 1. The van der Waals surface area contributed by atoms with Crippen molar-refractivity contribution in [2.75, 3.05) is 27.4 Å². The molecule has 1 heterocycles. The Labute approximate surface area is 184 Å². The Kier molecular flexibility index (Phi) is 7.54. The molecular weight excluding hydrogens is 426 g/mol. The van der Waals surface area contributed by atoms with Crippen LogP contribution < -0.4 is 14.8 Å². The summed E-state index contributed by atoms with van der Waals surface area (Å²) in [6.45, 7) is 0.981. The molecule has 2 aromatic carbocycles. The van der Waals surface area contributed by atoms with E-state index in [4.69, 9.17) is 26.4 Å². The lowest BCUT2D eigenvalue weighted by Gasteiger charge is -2.13. The Morgan fingerprint density at radius 2 is 1.90 bits per heavy atom. The van der Waals surface area contributed by atoms with Gasteiger partial charge in [0.2, 0.25) is 0 Å². The van der Waals surface area contributed by atoms with Gasteiger partial charge in [-0.3, -0.25) is 9.69 Å². The first-order chi connectivity index (χ1) is 14.9. The number of carbonyl (C=O) groups excluding carboxylic acids is 1. The van der Waals surface area contributed by atoms with Gasteiger partial charge >= 0.3 is 0 Å². The van der Waals surface area contributed by atoms with Crippen molar-refractivity contribution < 1.29 is 27.8 Å². The van der Waals surface area contributed by atoms with E-state index in [1.54, 1.807) is 31.4 Å². The lowest BCUT2D eigenvalue weighted by atomic mass is 10.1. The Morgan fingerprint density at radius 3 is 2.61 bits per heavy atom. The first kappa shape index (κ1) is 22.6. The number of methoxy groups -OCH3 is 2. The molecule has 0 aromatic heterocycles. The average molecular weight is 448 g/mol. The number of ether oxygens (including phenoxy) is 3. The molecule has 1 fully saturated rings. The highest BCUT2D eigenvalue weighted by Crippen LogP contribution is 2.25. The van der Waals surface area contributed by atoms with Gasteiger partial charge in [0.05, 0.1) is 7.11 Å². The third kappa shape index (κ3) is 5.56. The van der Waals surface area contributed by atoms with Crippen LogP contribution in [0.3, 0.4) is 0 Å². The number of amides is 1. The lowest BCUT2D eigenvalue weighted by Crippen LogP contribution is -2.32. The number of nitrogens with one attached hydrogen (secondary N) is 1. The van der Waals surface area contributed by atoms with E-state index in [0.717, 1.165) is 12.1 Å². The molecule has 3 rings (SSSR count). The minimum atomic E-state index is -0.792. The second-order valence-corrected chi connectivity index (χ2v) is 7.11. The zero-order chi connectivity index (χ0) is 22.4. The number of rotatable bonds is 9. The molecule has 6 nitrogen and oxygen atoms in total. The quantitative estimate of drug-likeness (QED) is 0.359. The molecule has 31 heavy (non-hydrogen) atoms. The number of carbonyl (C=O) groups is 1. The van der Waals surface area contributed by atoms with E-state index in [1.165, 1.54) is 18.1 Å². The van der Waals surface area contributed by atoms with Crippen LogP contribution in [-0.2, 0) is 16.1 Å². The monoisotopic (exact) mass is 448 g/mol. The van der Waals surface area contributed by atoms with Gasteiger partial charge in [-0.25, -0.2) is 8.78 Å². The van der Waals surface area contributed by atoms with Crippen molar-refractivity contribution in [1.29, 1.82) is 0 Å². The van der Waals surface area contributed by atoms with Gasteiger partial charge < -0.3 is 19.5 Å². The standard InChI is InChI=1S/C22H22F2N2O4S/c1-28-9-3-8-26-21(27)18(25-22(26)31)11-14-4-6-19(29-2)15(10-14)13-30-20-7-5-16(23)12-17(20)24/h4-7,10-12H,3,8-9,13H2,1-2H3,(H,25,31)/b18-11+. The van der Waals surface area contributed by atoms with Crippen LogP contribution in [-0.4, -0.2) is 43.3 Å². The molecule has 0 atom stereocenters. The first-order valence-electron chi connectivity index (χ1n) is 9.51. The van der Waals surface area contributed by atoms with Gasteiger partial charge in [0.1, 0.15) is 23.9 Å². The molecule has 0 bridgehead atoms. The summed E-state index contributed by atoms with van der Waals surface area (Å²) in [7, 11) is 3.11. The van der Waals surface area contributed by atoms with E-state index >= 15 is 0 Å². The number of hydrogen-bond acceptors (Lipinski definition) is 5. The molecule has 0 saturated carbocycles. The maximum absolute atomic E-state index is 13.8. The fourth-order valence-electron chi connectivity index (χ4n) is 3.06. The molecule has 1 aliphatic heterocycles. The van der Waals surface area contributed by atoms with Crippen molar-refractivity contribution in [1.82, 2.24) is 10.2 Å². The van der Waals surface area contributed by atoms with E-state index in [1.807, 2.05) is 0 Å². The van der Waals surface area contributed by atoms with Crippen LogP contribution in [0.5, 0.6) is 11.5 Å². The number of benzene rings is 2. The van der Waals surface area contributed by atoms with E-state index in [9.17, 15) is 13.6 Å². The van der Waals surface area contributed by atoms with E-state index in [-0.39, 0.29) is 18.3 Å². The van der Waals surface area contributed by atoms with Crippen molar-refractivity contribution in [3.05, 3.63) is 64.9 Å². The van der Waals surface area contributed by atoms with E-state index in [0.29, 0.717) is 47.3 Å². The maximum atomic E-state index is 13.8. The Morgan fingerprint density at radius 1 is 1.13 bits per heavy atom. The highest BCUT2D eigenvalue weighted by molar-refractivity contribution is 7.80. The largest absolute Gasteiger partial charge is 0.496 e. The topological polar surface area (TPSA) is 60.0 Å². The molecule has 1 aliphatic rings. The van der Waals surface area contributed by atoms with Gasteiger partial charge in [-0.1, -0.05) is 6.07 Å². The summed E-state index contributed by atoms with van der Waals surface area (Å²) in [5.41, 5.74) is 1.69. The van der Waals surface area contributed by atoms with Crippen LogP contribution in [0.4, 0.5) is 8.78 Å². The second-order valence-electron chi connectivity index (χ2n) is 6.73. The molecular formula is C22H22F2N2O4S. The summed E-state index contributed by atoms with van der Waals surface area (Å²) in [5.74, 6) is -1.23. The second kappa shape index (κ2) is 10.3. The number of halogens is 2. The molecule has 1 amide bonds. The summed E-state index contributed by atoms with van der Waals surface area (Å²) in [5, 5.41) is 3.27. The highest BCUT2D eigenvalue weighted by Gasteiger charge is 2.30. The SMILES string of the molecule is COCCCN1C(=O)/C(=C\c2ccc(OC)c(COc3ccc(F)cc3F)c2)NC1=S. The summed E-state index contributed by atoms with van der Waals surface area (Å²) in [6.07, 6.45) is 2.34. The van der Waals surface area contributed by atoms with Crippen molar-refractivity contribution >= 4 is 29.3 Å². The average Bonchev–Trinajstić information content (AvgIpc) is 3.00. The summed E-state index contributed by atoms with van der Waals surface area (Å²) in [4.78, 5) is 14.1. The maximum Gasteiger partial charge on any atom is 0.276 e. The molecule has 0 aliphatic carbocycles. The van der Waals surface area contributed by atoms with Gasteiger partial charge in [0.15, 0.2) is 16.7 Å². The fraction of sp³-hybridized carbons (Fsp3) is 0.273. The molecule has 1 saturated heterocycles.